The van der Waals surface area contributed by atoms with Crippen molar-refractivity contribution >= 4 is 29.6 Å². The second-order valence-electron chi connectivity index (χ2n) is 5.76. The predicted molar refractivity (Wildman–Crippen MR) is 102 cm³/mol. The van der Waals surface area contributed by atoms with E-state index in [1.807, 2.05) is 32.2 Å². The summed E-state index contributed by atoms with van der Waals surface area (Å²) in [7, 11) is 0. The summed E-state index contributed by atoms with van der Waals surface area (Å²) in [5.74, 6) is 2.30. The molecule has 6 nitrogen and oxygen atoms in total. The van der Waals surface area contributed by atoms with Crippen LogP contribution in [0.2, 0.25) is 5.02 Å². The standard InChI is InChI=1S/C17H23ClN4O2S/c1-6-23-15-8-13(7-14(18)16(15)24-10-11(2)3)9-19-22-12(4)20-21-17(22)25-5/h7-9,11H,6,10H2,1-5H3/b19-9-. The summed E-state index contributed by atoms with van der Waals surface area (Å²) in [4.78, 5) is 0. The van der Waals surface area contributed by atoms with Crippen LogP contribution in [-0.2, 0) is 0 Å². The van der Waals surface area contributed by atoms with Gasteiger partial charge >= 0.3 is 0 Å². The van der Waals surface area contributed by atoms with Crippen molar-refractivity contribution in [3.05, 3.63) is 28.5 Å². The molecular weight excluding hydrogens is 360 g/mol. The Morgan fingerprint density at radius 3 is 2.72 bits per heavy atom. The van der Waals surface area contributed by atoms with Crippen LogP contribution in [0.3, 0.4) is 0 Å². The zero-order valence-corrected chi connectivity index (χ0v) is 16.7. The molecule has 25 heavy (non-hydrogen) atoms. The lowest BCUT2D eigenvalue weighted by molar-refractivity contribution is 0.248. The summed E-state index contributed by atoms with van der Waals surface area (Å²) < 4.78 is 13.2. The number of benzene rings is 1. The van der Waals surface area contributed by atoms with E-state index in [0.29, 0.717) is 41.5 Å². The van der Waals surface area contributed by atoms with Gasteiger partial charge in [0.25, 0.3) is 0 Å². The maximum absolute atomic E-state index is 6.40. The molecule has 0 spiro atoms. The molecule has 0 atom stereocenters. The van der Waals surface area contributed by atoms with Crippen molar-refractivity contribution in [3.63, 3.8) is 0 Å². The zero-order valence-electron chi connectivity index (χ0n) is 15.1. The van der Waals surface area contributed by atoms with E-state index in [1.54, 1.807) is 10.9 Å². The van der Waals surface area contributed by atoms with E-state index in [1.165, 1.54) is 11.8 Å². The smallest absolute Gasteiger partial charge is 0.211 e. The first-order chi connectivity index (χ1) is 12.0. The van der Waals surface area contributed by atoms with Crippen LogP contribution in [0, 0.1) is 12.8 Å². The second kappa shape index (κ2) is 9.10. The molecule has 0 saturated carbocycles. The molecule has 136 valence electrons. The molecule has 1 heterocycles. The molecule has 2 rings (SSSR count). The highest BCUT2D eigenvalue weighted by Gasteiger charge is 2.13. The molecule has 0 amide bonds. The Kier molecular flexibility index (Phi) is 7.13. The van der Waals surface area contributed by atoms with Crippen molar-refractivity contribution in [1.82, 2.24) is 14.9 Å². The van der Waals surface area contributed by atoms with Gasteiger partial charge in [0, 0.05) is 0 Å². The third-order valence-corrected chi connectivity index (χ3v) is 4.07. The molecule has 1 aromatic heterocycles. The molecule has 0 radical (unpaired) electrons. The van der Waals surface area contributed by atoms with Crippen LogP contribution in [0.5, 0.6) is 11.5 Å². The number of rotatable bonds is 8. The molecule has 2 aromatic rings. The summed E-state index contributed by atoms with van der Waals surface area (Å²) in [6, 6.07) is 3.68. The SMILES string of the molecule is CCOc1cc(/C=N\n2c(C)nnc2SC)cc(Cl)c1OCC(C)C. The number of ether oxygens (including phenoxy) is 2. The monoisotopic (exact) mass is 382 g/mol. The first-order valence-corrected chi connectivity index (χ1v) is 9.66. The summed E-state index contributed by atoms with van der Waals surface area (Å²) in [5.41, 5.74) is 0.811. The molecule has 0 N–H and O–H groups in total. The minimum Gasteiger partial charge on any atom is -0.490 e. The van der Waals surface area contributed by atoms with Gasteiger partial charge in [0.1, 0.15) is 0 Å². The molecule has 0 aliphatic heterocycles. The van der Waals surface area contributed by atoms with Gasteiger partial charge in [0.15, 0.2) is 17.3 Å². The zero-order chi connectivity index (χ0) is 18.4. The molecule has 0 aliphatic carbocycles. The van der Waals surface area contributed by atoms with Gasteiger partial charge in [-0.15, -0.1) is 10.2 Å². The number of nitrogens with zero attached hydrogens (tertiary/aromatic N) is 4. The van der Waals surface area contributed by atoms with Gasteiger partial charge in [0.05, 0.1) is 24.5 Å². The summed E-state index contributed by atoms with van der Waals surface area (Å²) in [5, 5.41) is 13.8. The highest BCUT2D eigenvalue weighted by molar-refractivity contribution is 7.98. The van der Waals surface area contributed by atoms with Crippen molar-refractivity contribution in [2.75, 3.05) is 19.5 Å². The van der Waals surface area contributed by atoms with Crippen molar-refractivity contribution < 1.29 is 9.47 Å². The maximum atomic E-state index is 6.40. The third-order valence-electron chi connectivity index (χ3n) is 3.17. The predicted octanol–water partition coefficient (Wildman–Crippen LogP) is 4.28. The lowest BCUT2D eigenvalue weighted by atomic mass is 10.2. The molecule has 0 aliphatic rings. The van der Waals surface area contributed by atoms with E-state index in [-0.39, 0.29) is 0 Å². The number of aryl methyl sites for hydroxylation is 1. The average Bonchev–Trinajstić information content (AvgIpc) is 2.92. The minimum absolute atomic E-state index is 0.397. The Bertz CT molecular complexity index is 746. The van der Waals surface area contributed by atoms with E-state index >= 15 is 0 Å². The van der Waals surface area contributed by atoms with E-state index in [9.17, 15) is 0 Å². The van der Waals surface area contributed by atoms with Crippen LogP contribution in [-0.4, -0.2) is 40.6 Å². The Labute approximate surface area is 157 Å². The van der Waals surface area contributed by atoms with Crippen LogP contribution >= 0.6 is 23.4 Å². The quantitative estimate of drug-likeness (QED) is 0.503. The molecule has 0 bridgehead atoms. The van der Waals surface area contributed by atoms with Gasteiger partial charge < -0.3 is 9.47 Å². The topological polar surface area (TPSA) is 61.5 Å². The lowest BCUT2D eigenvalue weighted by Crippen LogP contribution is -2.07. The van der Waals surface area contributed by atoms with Crippen LogP contribution in [0.1, 0.15) is 32.2 Å². The Balaban J connectivity index is 2.32. The number of hydrogen-bond acceptors (Lipinski definition) is 6. The second-order valence-corrected chi connectivity index (χ2v) is 6.94. The van der Waals surface area contributed by atoms with Gasteiger partial charge in [-0.2, -0.15) is 9.78 Å². The third kappa shape index (κ3) is 5.12. The van der Waals surface area contributed by atoms with Gasteiger partial charge in [-0.3, -0.25) is 0 Å². The fourth-order valence-electron chi connectivity index (χ4n) is 2.04. The van der Waals surface area contributed by atoms with E-state index in [4.69, 9.17) is 21.1 Å². The first-order valence-electron chi connectivity index (χ1n) is 8.05. The van der Waals surface area contributed by atoms with Crippen LogP contribution < -0.4 is 9.47 Å². The minimum atomic E-state index is 0.397. The van der Waals surface area contributed by atoms with E-state index in [0.717, 1.165) is 10.7 Å². The van der Waals surface area contributed by atoms with Crippen molar-refractivity contribution in [1.29, 1.82) is 0 Å². The average molecular weight is 383 g/mol. The number of aromatic nitrogens is 3. The summed E-state index contributed by atoms with van der Waals surface area (Å²) in [6.45, 7) is 9.04. The van der Waals surface area contributed by atoms with Gasteiger partial charge in [0.2, 0.25) is 5.16 Å². The van der Waals surface area contributed by atoms with E-state index < -0.39 is 0 Å². The normalized spacial score (nSPS) is 11.5. The fourth-order valence-corrected chi connectivity index (χ4v) is 2.79. The Morgan fingerprint density at radius 2 is 2.08 bits per heavy atom. The summed E-state index contributed by atoms with van der Waals surface area (Å²) >= 11 is 7.88. The number of hydrogen-bond donors (Lipinski definition) is 0. The van der Waals surface area contributed by atoms with Crippen molar-refractivity contribution in [2.45, 2.75) is 32.9 Å². The Hall–Kier alpha value is -1.73. The molecule has 0 fully saturated rings. The molecule has 0 saturated heterocycles. The molecule has 1 aromatic carbocycles. The fraction of sp³-hybridized carbons (Fsp3) is 0.471. The number of thioether (sulfide) groups is 1. The van der Waals surface area contributed by atoms with Gasteiger partial charge in [-0.25, -0.2) is 0 Å². The molecule has 0 unspecified atom stereocenters. The van der Waals surface area contributed by atoms with Gasteiger partial charge in [-0.05, 0) is 43.7 Å². The van der Waals surface area contributed by atoms with Crippen LogP contribution in [0.25, 0.3) is 0 Å². The number of halogens is 1. The first kappa shape index (κ1) is 19.6. The van der Waals surface area contributed by atoms with Crippen molar-refractivity contribution in [2.24, 2.45) is 11.0 Å². The molecular formula is C17H23ClN4O2S. The highest BCUT2D eigenvalue weighted by Crippen LogP contribution is 2.36. The highest BCUT2D eigenvalue weighted by atomic mass is 35.5. The largest absolute Gasteiger partial charge is 0.490 e. The summed E-state index contributed by atoms with van der Waals surface area (Å²) in [6.07, 6.45) is 3.64. The van der Waals surface area contributed by atoms with Crippen LogP contribution in [0.15, 0.2) is 22.4 Å². The lowest BCUT2D eigenvalue weighted by Gasteiger charge is -2.15. The van der Waals surface area contributed by atoms with E-state index in [2.05, 4.69) is 29.1 Å². The molecule has 8 heteroatoms. The maximum Gasteiger partial charge on any atom is 0.211 e. The van der Waals surface area contributed by atoms with Crippen molar-refractivity contribution in [3.8, 4) is 11.5 Å². The van der Waals surface area contributed by atoms with Crippen LogP contribution in [0.4, 0.5) is 0 Å². The Morgan fingerprint density at radius 1 is 1.32 bits per heavy atom. The van der Waals surface area contributed by atoms with Gasteiger partial charge in [-0.1, -0.05) is 37.2 Å².